The monoisotopic (exact) mass is 411 g/mol. The summed E-state index contributed by atoms with van der Waals surface area (Å²) < 4.78 is 22.1. The predicted octanol–water partition coefficient (Wildman–Crippen LogP) is 2.18. The summed E-state index contributed by atoms with van der Waals surface area (Å²) in [6.07, 6.45) is 0. The third-order valence-electron chi connectivity index (χ3n) is 5.31. The molecule has 2 aliphatic rings. The number of amidine groups is 1. The lowest BCUT2D eigenvalue weighted by atomic mass is 9.99. The number of aliphatic imine (C=N–C) groups is 1. The number of methoxy groups -OCH3 is 2. The lowest BCUT2D eigenvalue weighted by molar-refractivity contribution is -0.127. The lowest BCUT2D eigenvalue weighted by Crippen LogP contribution is -2.47. The quantitative estimate of drug-likeness (QED) is 0.734. The summed E-state index contributed by atoms with van der Waals surface area (Å²) in [6, 6.07) is 13.0. The van der Waals surface area contributed by atoms with Gasteiger partial charge in [-0.2, -0.15) is 0 Å². The second-order valence-corrected chi connectivity index (χ2v) is 7.12. The molecule has 0 spiro atoms. The number of carbonyl (C=O) groups excluding carboxylic acids is 1. The minimum Gasteiger partial charge on any atom is -0.497 e. The fourth-order valence-corrected chi connectivity index (χ4v) is 3.74. The van der Waals surface area contributed by atoms with Gasteiger partial charge in [-0.05, 0) is 31.2 Å². The molecule has 2 aliphatic heterocycles. The fourth-order valence-electron chi connectivity index (χ4n) is 3.74. The van der Waals surface area contributed by atoms with Crippen LogP contribution in [0, 0.1) is 0 Å². The van der Waals surface area contributed by atoms with Crippen LogP contribution >= 0.6 is 0 Å². The molecule has 158 valence electrons. The molecule has 0 aliphatic carbocycles. The Morgan fingerprint density at radius 3 is 2.70 bits per heavy atom. The van der Waals surface area contributed by atoms with Crippen molar-refractivity contribution in [3.05, 3.63) is 48.0 Å². The number of nitrogens with zero attached hydrogens (tertiary/aromatic N) is 2. The smallest absolute Gasteiger partial charge is 0.291 e. The Balaban J connectivity index is 1.48. The normalized spacial score (nSPS) is 21.2. The zero-order chi connectivity index (χ0) is 21.1. The van der Waals surface area contributed by atoms with E-state index in [1.54, 1.807) is 19.1 Å². The molecule has 30 heavy (non-hydrogen) atoms. The molecule has 1 unspecified atom stereocenters. The number of benzene rings is 2. The third kappa shape index (κ3) is 3.60. The van der Waals surface area contributed by atoms with Crippen LogP contribution in [0.1, 0.15) is 12.5 Å². The first-order valence-corrected chi connectivity index (χ1v) is 9.78. The van der Waals surface area contributed by atoms with Gasteiger partial charge in [-0.15, -0.1) is 0 Å². The average Bonchev–Trinajstić information content (AvgIpc) is 2.92. The Hall–Kier alpha value is -3.42. The Kier molecular flexibility index (Phi) is 5.39. The van der Waals surface area contributed by atoms with Gasteiger partial charge in [0.1, 0.15) is 41.9 Å². The number of ether oxygens (including phenoxy) is 4. The number of nitrogens with one attached hydrogen (secondary N) is 1. The molecule has 2 aromatic rings. The van der Waals surface area contributed by atoms with Crippen LogP contribution in [0.2, 0.25) is 0 Å². The highest BCUT2D eigenvalue weighted by molar-refractivity contribution is 6.40. The van der Waals surface area contributed by atoms with E-state index in [-0.39, 0.29) is 5.91 Å². The second-order valence-electron chi connectivity index (χ2n) is 7.12. The van der Waals surface area contributed by atoms with Crippen molar-refractivity contribution >= 4 is 11.7 Å². The average molecular weight is 411 g/mol. The highest BCUT2D eigenvalue weighted by Gasteiger charge is 2.49. The number of hydrogen-bond donors (Lipinski definition) is 1. The van der Waals surface area contributed by atoms with Gasteiger partial charge in [0, 0.05) is 17.7 Å². The first-order valence-electron chi connectivity index (χ1n) is 9.78. The molecule has 0 saturated carbocycles. The van der Waals surface area contributed by atoms with Crippen molar-refractivity contribution in [2.24, 2.45) is 4.99 Å². The standard InChI is InChI=1S/C22H25N3O5/c1-22-18-8-7-16(28-3)14-19(18)30-12-10-25(22)21(26)20(24-22)23-9-11-29-17-6-4-5-15(13-17)27-2/h4-8,13-14H,9-12H2,1-3H3,(H,23,24). The molecule has 8 nitrogen and oxygen atoms in total. The van der Waals surface area contributed by atoms with Crippen molar-refractivity contribution < 1.29 is 23.7 Å². The summed E-state index contributed by atoms with van der Waals surface area (Å²) in [7, 11) is 3.22. The zero-order valence-corrected chi connectivity index (χ0v) is 17.3. The molecule has 4 rings (SSSR count). The van der Waals surface area contributed by atoms with Crippen molar-refractivity contribution in [2.75, 3.05) is 40.5 Å². The molecule has 2 aromatic carbocycles. The minimum absolute atomic E-state index is 0.147. The van der Waals surface area contributed by atoms with Gasteiger partial charge in [-0.1, -0.05) is 6.07 Å². The van der Waals surface area contributed by atoms with Gasteiger partial charge in [-0.25, -0.2) is 0 Å². The molecular weight excluding hydrogens is 386 g/mol. The maximum atomic E-state index is 13.0. The van der Waals surface area contributed by atoms with Crippen LogP contribution < -0.4 is 24.3 Å². The number of rotatable bonds is 6. The fraction of sp³-hybridized carbons (Fsp3) is 0.364. The number of fused-ring (bicyclic) bond motifs is 3. The first-order chi connectivity index (χ1) is 14.5. The second kappa shape index (κ2) is 8.14. The molecule has 0 bridgehead atoms. The third-order valence-corrected chi connectivity index (χ3v) is 5.31. The van der Waals surface area contributed by atoms with Crippen LogP contribution in [0.3, 0.4) is 0 Å². The Morgan fingerprint density at radius 2 is 1.90 bits per heavy atom. The van der Waals surface area contributed by atoms with E-state index in [0.717, 1.165) is 11.3 Å². The van der Waals surface area contributed by atoms with E-state index >= 15 is 0 Å². The molecule has 1 saturated heterocycles. The molecule has 1 fully saturated rings. The Morgan fingerprint density at radius 1 is 1.13 bits per heavy atom. The van der Waals surface area contributed by atoms with Crippen LogP contribution in [0.4, 0.5) is 0 Å². The van der Waals surface area contributed by atoms with Crippen LogP contribution in [0.25, 0.3) is 0 Å². The Labute approximate surface area is 175 Å². The maximum absolute atomic E-state index is 13.0. The molecule has 2 heterocycles. The van der Waals surface area contributed by atoms with Crippen molar-refractivity contribution in [3.63, 3.8) is 0 Å². The summed E-state index contributed by atoms with van der Waals surface area (Å²) in [6.45, 7) is 3.51. The Bertz CT molecular complexity index is 977. The maximum Gasteiger partial charge on any atom is 0.291 e. The summed E-state index contributed by atoms with van der Waals surface area (Å²) >= 11 is 0. The van der Waals surface area contributed by atoms with E-state index in [1.807, 2.05) is 49.4 Å². The molecular formula is C22H25N3O5. The van der Waals surface area contributed by atoms with Crippen LogP contribution in [0.15, 0.2) is 47.5 Å². The van der Waals surface area contributed by atoms with E-state index in [1.165, 1.54) is 0 Å². The molecule has 1 atom stereocenters. The van der Waals surface area contributed by atoms with E-state index < -0.39 is 5.66 Å². The van der Waals surface area contributed by atoms with Gasteiger partial charge in [0.2, 0.25) is 0 Å². The van der Waals surface area contributed by atoms with E-state index in [9.17, 15) is 4.79 Å². The van der Waals surface area contributed by atoms with E-state index in [0.29, 0.717) is 49.4 Å². The number of carbonyl (C=O) groups is 1. The van der Waals surface area contributed by atoms with Gasteiger partial charge < -0.3 is 29.2 Å². The summed E-state index contributed by atoms with van der Waals surface area (Å²) in [5.74, 6) is 3.01. The van der Waals surface area contributed by atoms with Crippen LogP contribution in [-0.4, -0.2) is 57.2 Å². The molecule has 0 aromatic heterocycles. The highest BCUT2D eigenvalue weighted by atomic mass is 16.5. The van der Waals surface area contributed by atoms with Crippen LogP contribution in [0.5, 0.6) is 23.0 Å². The summed E-state index contributed by atoms with van der Waals surface area (Å²) in [5.41, 5.74) is 0.133. The molecule has 1 N–H and O–H groups in total. The van der Waals surface area contributed by atoms with Crippen molar-refractivity contribution in [1.82, 2.24) is 10.2 Å². The van der Waals surface area contributed by atoms with Gasteiger partial charge >= 0.3 is 0 Å². The van der Waals surface area contributed by atoms with Gasteiger partial charge in [0.05, 0.1) is 27.3 Å². The van der Waals surface area contributed by atoms with Gasteiger partial charge in [0.25, 0.3) is 5.91 Å². The predicted molar refractivity (Wildman–Crippen MR) is 111 cm³/mol. The van der Waals surface area contributed by atoms with E-state index in [2.05, 4.69) is 10.3 Å². The van der Waals surface area contributed by atoms with Crippen molar-refractivity contribution in [3.8, 4) is 23.0 Å². The van der Waals surface area contributed by atoms with Crippen molar-refractivity contribution in [1.29, 1.82) is 0 Å². The largest absolute Gasteiger partial charge is 0.497 e. The zero-order valence-electron chi connectivity index (χ0n) is 17.3. The minimum atomic E-state index is -0.734. The molecule has 1 amide bonds. The van der Waals surface area contributed by atoms with Gasteiger partial charge in [0.15, 0.2) is 5.84 Å². The SMILES string of the molecule is COc1cccc(OCCN=C2NC3(C)c4ccc(OC)cc4OCCN3C2=O)c1. The number of amides is 1. The number of hydrogen-bond acceptors (Lipinski definition) is 6. The molecule has 0 radical (unpaired) electrons. The molecule has 8 heteroatoms. The first kappa shape index (κ1) is 19.9. The van der Waals surface area contributed by atoms with E-state index in [4.69, 9.17) is 18.9 Å². The topological polar surface area (TPSA) is 81.6 Å². The van der Waals surface area contributed by atoms with Gasteiger partial charge in [-0.3, -0.25) is 9.79 Å². The van der Waals surface area contributed by atoms with Crippen molar-refractivity contribution in [2.45, 2.75) is 12.6 Å². The summed E-state index contributed by atoms with van der Waals surface area (Å²) in [5, 5.41) is 3.30. The lowest BCUT2D eigenvalue weighted by Gasteiger charge is -2.32. The summed E-state index contributed by atoms with van der Waals surface area (Å²) in [4.78, 5) is 19.2. The van der Waals surface area contributed by atoms with Crippen LogP contribution in [-0.2, 0) is 10.5 Å². The highest BCUT2D eigenvalue weighted by Crippen LogP contribution is 2.39.